The van der Waals surface area contributed by atoms with E-state index < -0.39 is 0 Å². The van der Waals surface area contributed by atoms with Crippen molar-refractivity contribution in [1.82, 2.24) is 0 Å². The predicted molar refractivity (Wildman–Crippen MR) is 116 cm³/mol. The zero-order chi connectivity index (χ0) is 19.7. The quantitative estimate of drug-likeness (QED) is 0.402. The van der Waals surface area contributed by atoms with Crippen molar-refractivity contribution in [2.24, 2.45) is 7.05 Å². The summed E-state index contributed by atoms with van der Waals surface area (Å²) < 4.78 is 14.1. The molecule has 1 aliphatic heterocycles. The standard InChI is InChI=1S/C21H17N2O2S.C2H6/c1-22-16-5-3-4-6-18(16)24-20(22)12-21-23(2)17-11-14(7-8-19(17)25-21)15-9-10-26-13-15;1-2/h3-13H,1-2H3;1-2H3/q+1;. The molecule has 0 fully saturated rings. The fourth-order valence-corrected chi connectivity index (χ4v) is 3.92. The van der Waals surface area contributed by atoms with E-state index in [1.54, 1.807) is 11.3 Å². The lowest BCUT2D eigenvalue weighted by Crippen LogP contribution is -2.29. The summed E-state index contributed by atoms with van der Waals surface area (Å²) in [7, 11) is 4.01. The number of aryl methyl sites for hydroxylation is 1. The minimum atomic E-state index is 0.747. The fraction of sp³-hybridized carbons (Fsp3) is 0.174. The number of benzene rings is 2. The summed E-state index contributed by atoms with van der Waals surface area (Å²) in [6.07, 6.45) is 1.93. The summed E-state index contributed by atoms with van der Waals surface area (Å²) in [5, 5.41) is 4.25. The maximum atomic E-state index is 6.06. The Balaban J connectivity index is 0.000000932. The molecule has 0 saturated heterocycles. The molecule has 4 aromatic rings. The fourth-order valence-electron chi connectivity index (χ4n) is 3.25. The summed E-state index contributed by atoms with van der Waals surface area (Å²) in [6.45, 7) is 4.00. The first-order valence-corrected chi connectivity index (χ1v) is 10.3. The minimum Gasteiger partial charge on any atom is -0.438 e. The smallest absolute Gasteiger partial charge is 0.379 e. The van der Waals surface area contributed by atoms with Crippen LogP contribution in [0.2, 0.25) is 0 Å². The van der Waals surface area contributed by atoms with Gasteiger partial charge < -0.3 is 14.1 Å². The second kappa shape index (κ2) is 7.52. The Labute approximate surface area is 168 Å². The summed E-state index contributed by atoms with van der Waals surface area (Å²) >= 11 is 1.70. The first-order chi connectivity index (χ1) is 13.7. The Morgan fingerprint density at radius 2 is 1.86 bits per heavy atom. The largest absolute Gasteiger partial charge is 0.438 e. The van der Waals surface area contributed by atoms with Crippen LogP contribution in [-0.2, 0) is 7.05 Å². The van der Waals surface area contributed by atoms with Crippen LogP contribution < -0.4 is 14.2 Å². The van der Waals surface area contributed by atoms with Crippen molar-refractivity contribution in [1.29, 1.82) is 0 Å². The van der Waals surface area contributed by atoms with Crippen molar-refractivity contribution in [2.45, 2.75) is 13.8 Å². The molecule has 5 rings (SSSR count). The van der Waals surface area contributed by atoms with E-state index in [0.717, 1.165) is 34.3 Å². The van der Waals surface area contributed by atoms with Crippen LogP contribution in [0.15, 0.2) is 69.6 Å². The molecule has 4 nitrogen and oxygen atoms in total. The molecule has 2 aromatic carbocycles. The molecule has 5 heteroatoms. The van der Waals surface area contributed by atoms with Gasteiger partial charge in [0.2, 0.25) is 11.5 Å². The number of aromatic nitrogens is 1. The van der Waals surface area contributed by atoms with Gasteiger partial charge >= 0.3 is 5.89 Å². The summed E-state index contributed by atoms with van der Waals surface area (Å²) in [5.41, 5.74) is 5.39. The van der Waals surface area contributed by atoms with Crippen LogP contribution in [-0.4, -0.2) is 7.05 Å². The molecule has 142 valence electrons. The van der Waals surface area contributed by atoms with Gasteiger partial charge in [-0.15, -0.1) is 0 Å². The van der Waals surface area contributed by atoms with Gasteiger partial charge in [-0.2, -0.15) is 15.9 Å². The lowest BCUT2D eigenvalue weighted by Gasteiger charge is -2.10. The van der Waals surface area contributed by atoms with Crippen LogP contribution in [0.25, 0.3) is 28.3 Å². The first-order valence-electron chi connectivity index (χ1n) is 9.38. The molecule has 0 unspecified atom stereocenters. The topological polar surface area (TPSA) is 29.5 Å². The van der Waals surface area contributed by atoms with E-state index in [2.05, 4.69) is 33.9 Å². The number of anilines is 1. The Hall–Kier alpha value is -3.05. The Morgan fingerprint density at radius 3 is 2.61 bits per heavy atom. The molecule has 0 N–H and O–H groups in total. The van der Waals surface area contributed by atoms with Gasteiger partial charge in [-0.25, -0.2) is 0 Å². The Morgan fingerprint density at radius 1 is 1.04 bits per heavy atom. The third kappa shape index (κ3) is 3.08. The number of oxazole rings is 1. The van der Waals surface area contributed by atoms with Crippen LogP contribution in [0.4, 0.5) is 5.69 Å². The van der Waals surface area contributed by atoms with E-state index in [-0.39, 0.29) is 0 Å². The van der Waals surface area contributed by atoms with E-state index in [9.17, 15) is 0 Å². The van der Waals surface area contributed by atoms with Crippen molar-refractivity contribution in [3.8, 4) is 16.9 Å². The SMILES string of the molecule is CC.CN1C(=Cc2oc3ccccc3[n+]2C)Oc2ccc(-c3ccsc3)cc21. The number of thiophene rings is 1. The number of rotatable bonds is 2. The molecule has 2 aromatic heterocycles. The Bertz CT molecular complexity index is 1140. The molecule has 1 aliphatic rings. The molecule has 0 aliphatic carbocycles. The zero-order valence-electron chi connectivity index (χ0n) is 16.5. The molecular weight excluding hydrogens is 368 g/mol. The third-order valence-corrected chi connectivity index (χ3v) is 5.42. The second-order valence-corrected chi connectivity index (χ2v) is 7.09. The van der Waals surface area contributed by atoms with Crippen LogP contribution in [0.1, 0.15) is 19.7 Å². The maximum Gasteiger partial charge on any atom is 0.379 e. The highest BCUT2D eigenvalue weighted by atomic mass is 32.1. The van der Waals surface area contributed by atoms with Crippen molar-refractivity contribution < 1.29 is 13.7 Å². The molecule has 0 saturated carbocycles. The average molecular weight is 392 g/mol. The summed E-state index contributed by atoms with van der Waals surface area (Å²) in [6, 6.07) is 16.4. The zero-order valence-corrected chi connectivity index (χ0v) is 17.3. The molecule has 0 bridgehead atoms. The van der Waals surface area contributed by atoms with Crippen molar-refractivity contribution in [2.75, 3.05) is 11.9 Å². The second-order valence-electron chi connectivity index (χ2n) is 6.31. The lowest BCUT2D eigenvalue weighted by atomic mass is 10.1. The lowest BCUT2D eigenvalue weighted by molar-refractivity contribution is -0.652. The highest BCUT2D eigenvalue weighted by molar-refractivity contribution is 7.08. The van der Waals surface area contributed by atoms with Gasteiger partial charge in [0.05, 0.1) is 5.69 Å². The van der Waals surface area contributed by atoms with Gasteiger partial charge in [0.15, 0.2) is 5.75 Å². The van der Waals surface area contributed by atoms with Crippen molar-refractivity contribution in [3.63, 3.8) is 0 Å². The third-order valence-electron chi connectivity index (χ3n) is 4.74. The minimum absolute atomic E-state index is 0.747. The van der Waals surface area contributed by atoms with Gasteiger partial charge in [-0.1, -0.05) is 32.0 Å². The van der Waals surface area contributed by atoms with Crippen LogP contribution in [0, 0.1) is 0 Å². The van der Waals surface area contributed by atoms with E-state index in [0.29, 0.717) is 0 Å². The van der Waals surface area contributed by atoms with Gasteiger partial charge in [0.25, 0.3) is 5.52 Å². The normalized spacial score (nSPS) is 14.0. The van der Waals surface area contributed by atoms with Crippen LogP contribution in [0.3, 0.4) is 0 Å². The van der Waals surface area contributed by atoms with Gasteiger partial charge in [0, 0.05) is 13.1 Å². The molecule has 0 radical (unpaired) electrons. The van der Waals surface area contributed by atoms with Gasteiger partial charge in [0.1, 0.15) is 13.1 Å². The molecule has 0 atom stereocenters. The molecular formula is C23H23N2O2S+. The first kappa shape index (κ1) is 18.3. The van der Waals surface area contributed by atoms with E-state index in [1.165, 1.54) is 11.1 Å². The number of ether oxygens (including phenoxy) is 1. The molecule has 0 spiro atoms. The number of hydrogen-bond donors (Lipinski definition) is 0. The highest BCUT2D eigenvalue weighted by Crippen LogP contribution is 2.41. The Kier molecular flexibility index (Phi) is 4.92. The molecule has 28 heavy (non-hydrogen) atoms. The van der Waals surface area contributed by atoms with Gasteiger partial charge in [-0.3, -0.25) is 0 Å². The number of fused-ring (bicyclic) bond motifs is 2. The number of hydrogen-bond acceptors (Lipinski definition) is 4. The van der Waals surface area contributed by atoms with Gasteiger partial charge in [-0.05, 0) is 46.2 Å². The summed E-state index contributed by atoms with van der Waals surface area (Å²) in [4.78, 5) is 2.05. The van der Waals surface area contributed by atoms with E-state index in [4.69, 9.17) is 9.15 Å². The monoisotopic (exact) mass is 391 g/mol. The maximum absolute atomic E-state index is 6.06. The average Bonchev–Trinajstić information content (AvgIpc) is 3.44. The highest BCUT2D eigenvalue weighted by Gasteiger charge is 2.27. The van der Waals surface area contributed by atoms with Crippen LogP contribution >= 0.6 is 11.3 Å². The molecule has 0 amide bonds. The van der Waals surface area contributed by atoms with E-state index >= 15 is 0 Å². The van der Waals surface area contributed by atoms with Crippen molar-refractivity contribution in [3.05, 3.63) is 71.1 Å². The number of nitrogens with zero attached hydrogens (tertiary/aromatic N) is 2. The number of para-hydroxylation sites is 2. The van der Waals surface area contributed by atoms with E-state index in [1.807, 2.05) is 68.9 Å². The predicted octanol–water partition coefficient (Wildman–Crippen LogP) is 5.84. The van der Waals surface area contributed by atoms with Crippen molar-refractivity contribution >= 4 is 34.2 Å². The molecule has 3 heterocycles. The van der Waals surface area contributed by atoms with Crippen LogP contribution in [0.5, 0.6) is 5.75 Å². The summed E-state index contributed by atoms with van der Waals surface area (Å²) in [5.74, 6) is 2.35.